The third-order valence-electron chi connectivity index (χ3n) is 3.16. The minimum atomic E-state index is -0.179. The van der Waals surface area contributed by atoms with Crippen LogP contribution in [0.3, 0.4) is 0 Å². The molecule has 0 saturated heterocycles. The van der Waals surface area contributed by atoms with Gasteiger partial charge in [-0.25, -0.2) is 4.39 Å². The van der Waals surface area contributed by atoms with E-state index in [1.165, 1.54) is 0 Å². The van der Waals surface area contributed by atoms with Crippen LogP contribution < -0.4 is 10.6 Å². The number of halogens is 1. The van der Waals surface area contributed by atoms with Crippen molar-refractivity contribution in [2.75, 3.05) is 30.5 Å². The Bertz CT molecular complexity index is 371. The van der Waals surface area contributed by atoms with Crippen molar-refractivity contribution in [1.29, 1.82) is 0 Å². The summed E-state index contributed by atoms with van der Waals surface area (Å²) < 4.78 is 13.6. The van der Waals surface area contributed by atoms with Gasteiger partial charge in [-0.3, -0.25) is 0 Å². The van der Waals surface area contributed by atoms with Gasteiger partial charge in [-0.2, -0.15) is 11.8 Å². The van der Waals surface area contributed by atoms with Crippen molar-refractivity contribution >= 4 is 17.4 Å². The van der Waals surface area contributed by atoms with E-state index in [1.54, 1.807) is 12.1 Å². The highest BCUT2D eigenvalue weighted by molar-refractivity contribution is 7.98. The second kappa shape index (κ2) is 7.64. The first-order valence-electron chi connectivity index (χ1n) is 6.33. The Morgan fingerprint density at radius 3 is 2.67 bits per heavy atom. The molecule has 0 aliphatic rings. The smallest absolute Gasteiger partial charge is 0.125 e. The zero-order valence-corrected chi connectivity index (χ0v) is 12.3. The summed E-state index contributed by atoms with van der Waals surface area (Å²) >= 11 is 1.82. The van der Waals surface area contributed by atoms with Gasteiger partial charge >= 0.3 is 0 Å². The lowest BCUT2D eigenvalue weighted by molar-refractivity contribution is 0.620. The van der Waals surface area contributed by atoms with Crippen LogP contribution in [0, 0.1) is 5.82 Å². The fourth-order valence-corrected chi connectivity index (χ4v) is 2.90. The number of hydrogen-bond acceptors (Lipinski definition) is 3. The first-order valence-corrected chi connectivity index (χ1v) is 7.73. The molecule has 1 atom stereocenters. The molecule has 0 bridgehead atoms. The van der Waals surface area contributed by atoms with Crippen LogP contribution in [0.2, 0.25) is 0 Å². The van der Waals surface area contributed by atoms with Crippen LogP contribution in [-0.2, 0) is 6.42 Å². The Balaban J connectivity index is 2.92. The first kappa shape index (κ1) is 15.3. The van der Waals surface area contributed by atoms with Crippen LogP contribution in [0.5, 0.6) is 0 Å². The summed E-state index contributed by atoms with van der Waals surface area (Å²) in [6, 6.07) is 5.65. The average molecular weight is 270 g/mol. The van der Waals surface area contributed by atoms with E-state index < -0.39 is 0 Å². The maximum atomic E-state index is 13.6. The van der Waals surface area contributed by atoms with Crippen molar-refractivity contribution in [2.24, 2.45) is 5.73 Å². The van der Waals surface area contributed by atoms with Gasteiger partial charge in [-0.1, -0.05) is 6.92 Å². The van der Waals surface area contributed by atoms with E-state index >= 15 is 0 Å². The topological polar surface area (TPSA) is 29.3 Å². The summed E-state index contributed by atoms with van der Waals surface area (Å²) in [4.78, 5) is 2.17. The van der Waals surface area contributed by atoms with E-state index in [0.29, 0.717) is 12.6 Å². The van der Waals surface area contributed by atoms with Crippen molar-refractivity contribution < 1.29 is 4.39 Å². The van der Waals surface area contributed by atoms with E-state index in [-0.39, 0.29) is 5.82 Å². The lowest BCUT2D eigenvalue weighted by Crippen LogP contribution is -2.33. The molecule has 0 aliphatic heterocycles. The summed E-state index contributed by atoms with van der Waals surface area (Å²) in [6.45, 7) is 2.71. The molecule has 0 radical (unpaired) electrons. The zero-order valence-electron chi connectivity index (χ0n) is 11.4. The number of benzene rings is 1. The van der Waals surface area contributed by atoms with Gasteiger partial charge in [0.25, 0.3) is 0 Å². The molecule has 1 unspecified atom stereocenters. The third kappa shape index (κ3) is 4.18. The number of nitrogens with zero attached hydrogens (tertiary/aromatic N) is 1. The lowest BCUT2D eigenvalue weighted by Gasteiger charge is -2.29. The average Bonchev–Trinajstić information content (AvgIpc) is 2.35. The van der Waals surface area contributed by atoms with Gasteiger partial charge in [0.15, 0.2) is 0 Å². The minimum absolute atomic E-state index is 0.179. The largest absolute Gasteiger partial charge is 0.371 e. The molecule has 0 fully saturated rings. The molecule has 4 heteroatoms. The van der Waals surface area contributed by atoms with Crippen LogP contribution in [0.15, 0.2) is 18.2 Å². The second-order valence-corrected chi connectivity index (χ2v) is 5.40. The van der Waals surface area contributed by atoms with Crippen LogP contribution in [0.1, 0.15) is 18.9 Å². The summed E-state index contributed by atoms with van der Waals surface area (Å²) in [5.41, 5.74) is 7.45. The van der Waals surface area contributed by atoms with Crippen molar-refractivity contribution in [2.45, 2.75) is 25.8 Å². The standard InChI is InChI=1S/C14H23FN2S/c1-4-13(10-18-3)17(2)14-8-11(5-6-16)7-12(15)9-14/h7-9,13H,4-6,10,16H2,1-3H3. The van der Waals surface area contributed by atoms with Gasteiger partial charge in [-0.15, -0.1) is 0 Å². The van der Waals surface area contributed by atoms with Crippen molar-refractivity contribution in [3.05, 3.63) is 29.6 Å². The molecule has 1 rings (SSSR count). The highest BCUT2D eigenvalue weighted by Crippen LogP contribution is 2.22. The molecule has 1 aromatic rings. The first-order chi connectivity index (χ1) is 8.62. The van der Waals surface area contributed by atoms with E-state index in [2.05, 4.69) is 18.1 Å². The maximum absolute atomic E-state index is 13.6. The fourth-order valence-electron chi connectivity index (χ4n) is 2.05. The lowest BCUT2D eigenvalue weighted by atomic mass is 10.1. The van der Waals surface area contributed by atoms with Crippen molar-refractivity contribution in [3.8, 4) is 0 Å². The monoisotopic (exact) mass is 270 g/mol. The highest BCUT2D eigenvalue weighted by atomic mass is 32.2. The number of hydrogen-bond donors (Lipinski definition) is 1. The molecule has 2 nitrogen and oxygen atoms in total. The van der Waals surface area contributed by atoms with Gasteiger partial charge in [0.1, 0.15) is 5.82 Å². The Kier molecular flexibility index (Phi) is 6.50. The summed E-state index contributed by atoms with van der Waals surface area (Å²) in [6.07, 6.45) is 3.87. The molecule has 18 heavy (non-hydrogen) atoms. The third-order valence-corrected chi connectivity index (χ3v) is 3.88. The van der Waals surface area contributed by atoms with Gasteiger partial charge in [-0.05, 0) is 49.4 Å². The van der Waals surface area contributed by atoms with Crippen LogP contribution in [0.25, 0.3) is 0 Å². The zero-order chi connectivity index (χ0) is 13.5. The Morgan fingerprint density at radius 1 is 1.39 bits per heavy atom. The fraction of sp³-hybridized carbons (Fsp3) is 0.571. The number of thioether (sulfide) groups is 1. The van der Waals surface area contributed by atoms with Gasteiger partial charge < -0.3 is 10.6 Å². The summed E-state index contributed by atoms with van der Waals surface area (Å²) in [5.74, 6) is 0.872. The second-order valence-electron chi connectivity index (χ2n) is 4.48. The maximum Gasteiger partial charge on any atom is 0.125 e. The van der Waals surface area contributed by atoms with Crippen LogP contribution in [-0.4, -0.2) is 31.6 Å². The molecule has 2 N–H and O–H groups in total. The Morgan fingerprint density at radius 2 is 2.11 bits per heavy atom. The molecule has 102 valence electrons. The highest BCUT2D eigenvalue weighted by Gasteiger charge is 2.14. The molecule has 0 amide bonds. The van der Waals surface area contributed by atoms with Crippen molar-refractivity contribution in [1.82, 2.24) is 0 Å². The SMILES string of the molecule is CCC(CSC)N(C)c1cc(F)cc(CCN)c1. The normalized spacial score (nSPS) is 12.5. The molecule has 0 heterocycles. The molecular formula is C14H23FN2S. The molecule has 0 saturated carbocycles. The number of rotatable bonds is 7. The van der Waals surface area contributed by atoms with Gasteiger partial charge in [0, 0.05) is 24.5 Å². The minimum Gasteiger partial charge on any atom is -0.371 e. The Labute approximate surface area is 114 Å². The molecular weight excluding hydrogens is 247 g/mol. The van der Waals surface area contributed by atoms with Crippen LogP contribution >= 0.6 is 11.8 Å². The Hall–Kier alpha value is -0.740. The summed E-state index contributed by atoms with van der Waals surface area (Å²) in [7, 11) is 2.03. The molecule has 0 spiro atoms. The molecule has 1 aromatic carbocycles. The van der Waals surface area contributed by atoms with Gasteiger partial charge in [0.05, 0.1) is 0 Å². The van der Waals surface area contributed by atoms with E-state index in [1.807, 2.05) is 24.9 Å². The summed E-state index contributed by atoms with van der Waals surface area (Å²) in [5, 5.41) is 0. The predicted molar refractivity (Wildman–Crippen MR) is 80.0 cm³/mol. The van der Waals surface area contributed by atoms with Crippen LogP contribution in [0.4, 0.5) is 10.1 Å². The predicted octanol–water partition coefficient (Wildman–Crippen LogP) is 2.90. The van der Waals surface area contributed by atoms with E-state index in [9.17, 15) is 4.39 Å². The van der Waals surface area contributed by atoms with E-state index in [4.69, 9.17) is 5.73 Å². The molecule has 0 aromatic heterocycles. The number of nitrogens with two attached hydrogens (primary N) is 1. The molecule has 0 aliphatic carbocycles. The quantitative estimate of drug-likeness (QED) is 0.826. The van der Waals surface area contributed by atoms with E-state index in [0.717, 1.165) is 29.8 Å². The van der Waals surface area contributed by atoms with Gasteiger partial charge in [0.2, 0.25) is 0 Å². The van der Waals surface area contributed by atoms with Crippen molar-refractivity contribution in [3.63, 3.8) is 0 Å². The number of anilines is 1.